The summed E-state index contributed by atoms with van der Waals surface area (Å²) in [6.07, 6.45) is 6.35. The zero-order valence-electron chi connectivity index (χ0n) is 28.8. The molecule has 0 unspecified atom stereocenters. The van der Waals surface area contributed by atoms with E-state index >= 15 is 0 Å². The molecule has 1 aliphatic carbocycles. The van der Waals surface area contributed by atoms with Crippen LogP contribution in [0, 0.1) is 6.92 Å². The highest BCUT2D eigenvalue weighted by molar-refractivity contribution is 7.81. The van der Waals surface area contributed by atoms with E-state index in [1.807, 2.05) is 26.2 Å². The van der Waals surface area contributed by atoms with Crippen LogP contribution in [0.5, 0.6) is 11.5 Å². The summed E-state index contributed by atoms with van der Waals surface area (Å²) in [5, 5.41) is 6.35. The highest BCUT2D eigenvalue weighted by atomic mass is 32.3. The normalized spacial score (nSPS) is 15.1. The van der Waals surface area contributed by atoms with Crippen molar-refractivity contribution in [3.05, 3.63) is 86.5 Å². The number of fused-ring (bicyclic) bond motifs is 2. The summed E-state index contributed by atoms with van der Waals surface area (Å²) in [6, 6.07) is 9.63. The molecule has 1 aliphatic heterocycles. The lowest BCUT2D eigenvalue weighted by Gasteiger charge is -2.38. The van der Waals surface area contributed by atoms with Crippen molar-refractivity contribution in [1.82, 2.24) is 0 Å². The first kappa shape index (κ1) is 39.9. The van der Waals surface area contributed by atoms with Crippen LogP contribution in [0.25, 0.3) is 16.0 Å². The third-order valence-electron chi connectivity index (χ3n) is 7.94. The van der Waals surface area contributed by atoms with Crippen LogP contribution in [0.15, 0.2) is 64.4 Å². The van der Waals surface area contributed by atoms with Crippen molar-refractivity contribution in [3.63, 3.8) is 0 Å². The van der Waals surface area contributed by atoms with Gasteiger partial charge in [0.25, 0.3) is 0 Å². The minimum Gasteiger partial charge on any atom is -0.726 e. The first-order chi connectivity index (χ1) is 24.0. The van der Waals surface area contributed by atoms with Gasteiger partial charge in [-0.1, -0.05) is 42.0 Å². The van der Waals surface area contributed by atoms with Gasteiger partial charge in [0.2, 0.25) is 20.8 Å². The molecule has 0 spiro atoms. The monoisotopic (exact) mass is 763 g/mol. The number of hydrogen-bond acceptors (Lipinski definition) is 13. The predicted molar refractivity (Wildman–Crippen MR) is 188 cm³/mol. The minimum atomic E-state index is -4.84. The third kappa shape index (κ3) is 10.8. The van der Waals surface area contributed by atoms with Crippen LogP contribution in [0.3, 0.4) is 0 Å². The van der Waals surface area contributed by atoms with Gasteiger partial charge in [0.05, 0.1) is 45.3 Å². The van der Waals surface area contributed by atoms with Gasteiger partial charge in [0.1, 0.15) is 46.9 Å². The van der Waals surface area contributed by atoms with Crippen molar-refractivity contribution in [2.75, 3.05) is 67.0 Å². The number of azide groups is 1. The van der Waals surface area contributed by atoms with E-state index in [-0.39, 0.29) is 51.1 Å². The first-order valence-corrected chi connectivity index (χ1v) is 21.3. The second kappa shape index (κ2) is 17.1. The lowest BCUT2D eigenvalue weighted by Crippen LogP contribution is -2.49. The van der Waals surface area contributed by atoms with E-state index in [1.165, 1.54) is 10.4 Å². The van der Waals surface area contributed by atoms with Crippen LogP contribution < -0.4 is 14.7 Å². The molecule has 0 aromatic heterocycles. The second-order valence-corrected chi connectivity index (χ2v) is 18.5. The Kier molecular flexibility index (Phi) is 13.4. The molecule has 51 heavy (non-hydrogen) atoms. The van der Waals surface area contributed by atoms with Gasteiger partial charge in [0, 0.05) is 28.7 Å². The number of ether oxygens (including phenoxy) is 4. The largest absolute Gasteiger partial charge is 0.726 e. The fourth-order valence-corrected chi connectivity index (χ4v) is 9.34. The molecule has 1 heterocycles. The van der Waals surface area contributed by atoms with Crippen molar-refractivity contribution < 1.29 is 57.8 Å². The van der Waals surface area contributed by atoms with Gasteiger partial charge in [-0.2, -0.15) is 0 Å². The number of nitrogens with zero attached hydrogens (tertiary/aromatic N) is 4. The van der Waals surface area contributed by atoms with Crippen molar-refractivity contribution in [3.8, 4) is 11.5 Å². The van der Waals surface area contributed by atoms with Crippen molar-refractivity contribution in [2.24, 2.45) is 5.11 Å². The molecular formula is C32H39N4O12S2Si-. The average Bonchev–Trinajstić information content (AvgIpc) is 3.04. The molecule has 0 atom stereocenters. The average molecular weight is 764 g/mol. The Bertz CT molecular complexity index is 2030. The molecule has 4 rings (SSSR count). The maximum atomic E-state index is 10.7. The number of rotatable bonds is 18. The van der Waals surface area contributed by atoms with E-state index < -0.39 is 42.1 Å². The van der Waals surface area contributed by atoms with Crippen LogP contribution in [-0.4, -0.2) is 111 Å². The van der Waals surface area contributed by atoms with E-state index in [0.717, 1.165) is 28.0 Å². The summed E-state index contributed by atoms with van der Waals surface area (Å²) in [4.78, 5) is 3.01. The van der Waals surface area contributed by atoms with Crippen LogP contribution in [-0.2, 0) is 38.6 Å². The maximum Gasteiger partial charge on any atom is 0.217 e. The highest BCUT2D eigenvalue weighted by Gasteiger charge is 2.41. The van der Waals surface area contributed by atoms with Gasteiger partial charge in [0.15, 0.2) is 5.71 Å². The number of benzene rings is 2. The number of aryl methyl sites for hydroxylation is 1. The summed E-state index contributed by atoms with van der Waals surface area (Å²) in [5.41, 5.74) is 15.3. The molecule has 276 valence electrons. The zero-order chi connectivity index (χ0) is 37.4. The van der Waals surface area contributed by atoms with E-state index in [0.29, 0.717) is 11.3 Å². The summed E-state index contributed by atoms with van der Waals surface area (Å²) in [7, 11) is -7.94. The summed E-state index contributed by atoms with van der Waals surface area (Å²) in [6.45, 7) is 5.38. The van der Waals surface area contributed by atoms with Crippen molar-refractivity contribution >= 4 is 51.0 Å². The summed E-state index contributed by atoms with van der Waals surface area (Å²) >= 11 is 0. The SMILES string of the molecule is Cc1ccc2c(c1)[Si](C)(C)C1=CC(=[N+](C)C)C=CC1=C2c1cc(N=[N+]=[N-])c(OCCOCCOS(=O)(=O)[O-])cc1OCCOCCOS(=O)(=O)[O-]. The summed E-state index contributed by atoms with van der Waals surface area (Å²) < 4.78 is 97.2. The van der Waals surface area contributed by atoms with Gasteiger partial charge in [-0.25, -0.2) is 21.4 Å². The summed E-state index contributed by atoms with van der Waals surface area (Å²) in [5.74, 6) is 0.534. The molecule has 19 heteroatoms. The number of hydrogen-bond donors (Lipinski definition) is 0. The van der Waals surface area contributed by atoms with Gasteiger partial charge in [-0.15, -0.1) is 0 Å². The number of allylic oxidation sites excluding steroid dienone is 5. The highest BCUT2D eigenvalue weighted by Crippen LogP contribution is 2.46. The fourth-order valence-electron chi connectivity index (χ4n) is 5.64. The van der Waals surface area contributed by atoms with E-state index in [9.17, 15) is 31.5 Å². The Balaban J connectivity index is 1.75. The Morgan fingerprint density at radius 1 is 0.804 bits per heavy atom. The topological polar surface area (TPSA) is 222 Å². The van der Waals surface area contributed by atoms with Gasteiger partial charge < -0.3 is 28.1 Å². The van der Waals surface area contributed by atoms with Crippen LogP contribution >= 0.6 is 0 Å². The third-order valence-corrected chi connectivity index (χ3v) is 12.4. The van der Waals surface area contributed by atoms with Crippen LogP contribution in [0.4, 0.5) is 5.69 Å². The molecule has 2 aromatic carbocycles. The van der Waals surface area contributed by atoms with Gasteiger partial charge in [-0.3, -0.25) is 8.37 Å². The molecule has 2 aromatic rings. The molecule has 0 saturated heterocycles. The second-order valence-electron chi connectivity index (χ2n) is 12.1. The van der Waals surface area contributed by atoms with Gasteiger partial charge >= 0.3 is 0 Å². The van der Waals surface area contributed by atoms with Crippen molar-refractivity contribution in [2.45, 2.75) is 20.0 Å². The molecule has 0 fully saturated rings. The standard InChI is InChI=1S/C32H40N4O12S2Si/c1-22-6-8-24-30(18-22)51(4,5)31-19-23(36(2)3)7-9-25(31)32(24)26-20-27(34-35-33)29(46-15-11-44-13-17-48-50(40,41)42)21-28(26)45-14-10-43-12-16-47-49(37,38)39/h6-9,18-21H,10-17H2,1-5H3,(H-,37,38,39,40,41,42)/p-1. The molecule has 2 aliphatic rings. The fraction of sp³-hybridized carbons (Fsp3) is 0.406. The zero-order valence-corrected chi connectivity index (χ0v) is 31.4. The lowest BCUT2D eigenvalue weighted by molar-refractivity contribution is -0.462. The van der Waals surface area contributed by atoms with Gasteiger partial charge in [-0.05, 0) is 51.7 Å². The Morgan fingerprint density at radius 3 is 1.96 bits per heavy atom. The molecule has 0 N–H and O–H groups in total. The first-order valence-electron chi connectivity index (χ1n) is 15.7. The van der Waals surface area contributed by atoms with Crippen LogP contribution in [0.1, 0.15) is 16.7 Å². The van der Waals surface area contributed by atoms with E-state index in [1.54, 1.807) is 12.1 Å². The van der Waals surface area contributed by atoms with Crippen LogP contribution in [0.2, 0.25) is 13.1 Å². The molecule has 0 amide bonds. The Hall–Kier alpha value is -3.88. The maximum absolute atomic E-state index is 10.7. The van der Waals surface area contributed by atoms with E-state index in [4.69, 9.17) is 18.9 Å². The van der Waals surface area contributed by atoms with Crippen molar-refractivity contribution in [1.29, 1.82) is 0 Å². The smallest absolute Gasteiger partial charge is 0.217 e. The Labute approximate surface area is 298 Å². The quantitative estimate of drug-likeness (QED) is 0.0312. The molecule has 0 saturated carbocycles. The predicted octanol–water partition coefficient (Wildman–Crippen LogP) is 3.16. The van der Waals surface area contributed by atoms with E-state index in [2.05, 4.69) is 67.3 Å². The Morgan fingerprint density at radius 2 is 1.39 bits per heavy atom. The molecule has 16 nitrogen and oxygen atoms in total. The minimum absolute atomic E-state index is 0.00383. The molecule has 0 bridgehead atoms. The lowest BCUT2D eigenvalue weighted by atomic mass is 9.88. The molecule has 0 radical (unpaired) electrons. The molecular weight excluding hydrogens is 725 g/mol.